The first-order chi connectivity index (χ1) is 63.8. The van der Waals surface area contributed by atoms with Crippen molar-refractivity contribution in [2.45, 2.75) is 234 Å². The summed E-state index contributed by atoms with van der Waals surface area (Å²) in [5, 5.41) is 29.8. The second-order valence-electron chi connectivity index (χ2n) is 39.3. The van der Waals surface area contributed by atoms with Gasteiger partial charge < -0.3 is 106 Å². The Morgan fingerprint density at radius 2 is 0.521 bits per heavy atom. The third kappa shape index (κ3) is 34.7. The molecule has 15 rings (SSSR count). The van der Waals surface area contributed by atoms with Gasteiger partial charge in [-0.2, -0.15) is 0 Å². The number of rotatable bonds is 31. The fourth-order valence-corrected chi connectivity index (χ4v) is 29.7. The number of benzene rings is 11. The molecule has 0 aliphatic heterocycles. The van der Waals surface area contributed by atoms with E-state index in [1.165, 1.54) is 71.0 Å². The van der Waals surface area contributed by atoms with E-state index in [1.54, 1.807) is 0 Å². The Kier molecular flexibility index (Phi) is 63.0. The van der Waals surface area contributed by atoms with E-state index in [0.717, 1.165) is 72.9 Å². The standard InChI is InChI=1S/C37H38N2Si.C33H47N2Si.C27H34N2Si.C25H22N2.9CH3.4Hf/c1-27(2)32-23-15-24-33(28(3)4)37(32)39-36(29-17-9-6-10-18-29)34-25-16-26-35(38-34)40(5,30-19-11-7-12-20-30)31-21-13-8-14-22-31;1-22(2)28-18-14-19-29(23(3)4)33(28)35-32(27-16-12-11-13-17-27)30-20-15-21-31(34-30)36(24(5)6,25(7)8)26(9)10;1-19(2)22-15-11-16-23(20(3)4)27(22)29-26(21-13-9-8-10-14-21)24-17-12-18-25(28-24)30(5,6)7;1-18(2)26-25(20-11-4-3-5-12-20)24-17-9-16-23(27-24)22-15-8-13-19-10-6-7-14-21(19)22;;;;;;;;;;;;;/h6-28,36H,5H2,1-4H3;11-26,32H,1-10H3;8-20,26H,5H2,1-4,6-7H3;3-14,16-18,25H,1-2H3;9*1H3;;;;/q-2;-1;2*-2;9*-1;4*+4. The summed E-state index contributed by atoms with van der Waals surface area (Å²) >= 11 is 0. The summed E-state index contributed by atoms with van der Waals surface area (Å²) in [5.74, 6) is 2.35. The number of hydrogen-bond donors (Lipinski definition) is 0. The molecule has 0 aliphatic rings. The van der Waals surface area contributed by atoms with Crippen molar-refractivity contribution < 1.29 is 103 Å². The number of fused-ring (bicyclic) bond motifs is 1. The smallest absolute Gasteiger partial charge is 0.673 e. The molecule has 0 bridgehead atoms. The van der Waals surface area contributed by atoms with Crippen LogP contribution in [-0.4, -0.2) is 50.2 Å². The molecule has 0 N–H and O–H groups in total. The SMILES string of the molecule is CC(C)[N-]C(c1ccccc1)c1cccc(-c2[c-]ccc3ccccc23)n1.CC(C)c1cccc(C(C)C)c1[N-]C(c1ccccc1)c1cccc([Si](C(C)C)(C(C)C)C(C)C)n1.[CH2-][Si](C)(C)c1cccc(C([N-]c2c(C(C)C)cccc2C(C)C)c2ccccc2)n1.[CH2-][Si](c1ccccc1)(c1ccccc1)c1cccc(C([N-]c2c(C(C)C)cccc2C(C)C)c2ccccc2)n1.[CH3-].[CH3-].[CH3-].[CH3-].[CH3-].[CH3-].[CH3-].[CH3-].[CH3-].[Hf+4].[Hf+4].[Hf+4].[Hf+4]. The summed E-state index contributed by atoms with van der Waals surface area (Å²) in [6.07, 6.45) is 0. The van der Waals surface area contributed by atoms with Crippen molar-refractivity contribution in [3.05, 3.63) is 531 Å². The van der Waals surface area contributed by atoms with Crippen LogP contribution in [0.4, 0.5) is 17.1 Å². The summed E-state index contributed by atoms with van der Waals surface area (Å²) in [7, 11) is -6.26. The Balaban J connectivity index is 0. The molecule has 0 fully saturated rings. The first-order valence-corrected chi connectivity index (χ1v) is 56.0. The van der Waals surface area contributed by atoms with Gasteiger partial charge in [-0.1, -0.05) is 520 Å². The van der Waals surface area contributed by atoms with E-state index >= 15 is 0 Å². The average molecular weight is 2650 g/mol. The Morgan fingerprint density at radius 3 is 0.829 bits per heavy atom. The Labute approximate surface area is 968 Å². The van der Waals surface area contributed by atoms with E-state index in [4.69, 9.17) is 47.8 Å². The van der Waals surface area contributed by atoms with Gasteiger partial charge in [-0.25, -0.2) is 0 Å². The third-order valence-electron chi connectivity index (χ3n) is 25.9. The van der Waals surface area contributed by atoms with Crippen LogP contribution in [0, 0.1) is 86.0 Å². The minimum Gasteiger partial charge on any atom is -0.673 e. The monoisotopic (exact) mass is 2660 g/mol. The van der Waals surface area contributed by atoms with Crippen molar-refractivity contribution in [3.8, 4) is 11.3 Å². The van der Waals surface area contributed by atoms with Crippen LogP contribution in [0.5, 0.6) is 0 Å². The minimum atomic E-state index is -2.61. The van der Waals surface area contributed by atoms with Gasteiger partial charge in [0.2, 0.25) is 0 Å². The average Bonchev–Trinajstić information content (AvgIpc) is 0.760. The van der Waals surface area contributed by atoms with Crippen molar-refractivity contribution in [1.82, 2.24) is 19.9 Å². The zero-order valence-corrected chi connectivity index (χ0v) is 111. The van der Waals surface area contributed by atoms with Crippen LogP contribution in [0.25, 0.3) is 43.3 Å². The van der Waals surface area contributed by atoms with Crippen LogP contribution < -0.4 is 26.3 Å². The van der Waals surface area contributed by atoms with Crippen LogP contribution in [0.1, 0.15) is 277 Å². The maximum Gasteiger partial charge on any atom is 4.00 e. The fraction of sp³-hybridized carbons (Fsp3) is 0.275. The van der Waals surface area contributed by atoms with E-state index in [9.17, 15) is 0 Å². The van der Waals surface area contributed by atoms with Gasteiger partial charge in [0, 0.05) is 41.5 Å². The molecule has 4 unspecified atom stereocenters. The molecule has 0 saturated carbocycles. The Bertz CT molecular complexity index is 6030. The summed E-state index contributed by atoms with van der Waals surface area (Å²) in [6, 6.07) is 125. The number of aromatic nitrogens is 4. The summed E-state index contributed by atoms with van der Waals surface area (Å²) in [6.45, 7) is 59.5. The largest absolute Gasteiger partial charge is 4.00 e. The van der Waals surface area contributed by atoms with E-state index in [-0.39, 0.29) is 200 Å². The van der Waals surface area contributed by atoms with E-state index < -0.39 is 24.2 Å². The van der Waals surface area contributed by atoms with Crippen LogP contribution in [0.3, 0.4) is 0 Å². The first-order valence-electron chi connectivity index (χ1n) is 48.3. The molecule has 15 heteroatoms. The number of pyridine rings is 4. The molecule has 8 nitrogen and oxygen atoms in total. The number of para-hydroxylation sites is 3. The molecule has 11 aromatic carbocycles. The van der Waals surface area contributed by atoms with Gasteiger partial charge in [-0.05, 0) is 132 Å². The van der Waals surface area contributed by atoms with Gasteiger partial charge >= 0.3 is 103 Å². The van der Waals surface area contributed by atoms with Crippen LogP contribution >= 0.6 is 0 Å². The van der Waals surface area contributed by atoms with Crippen LogP contribution in [0.2, 0.25) is 29.7 Å². The summed E-state index contributed by atoms with van der Waals surface area (Å²) in [4.78, 5) is 21.0. The molecule has 4 aromatic heterocycles. The zero-order chi connectivity index (χ0) is 95.3. The Hall–Kier alpha value is -8.23. The van der Waals surface area contributed by atoms with Crippen LogP contribution in [-0.2, 0) is 103 Å². The molecule has 4 heterocycles. The van der Waals surface area contributed by atoms with Gasteiger partial charge in [0.05, 0.1) is 0 Å². The predicted molar refractivity (Wildman–Crippen MR) is 637 cm³/mol. The van der Waals surface area contributed by atoms with Gasteiger partial charge in [0.25, 0.3) is 0 Å². The molecular formula is C131H168Hf4N8Si3. The van der Waals surface area contributed by atoms with Crippen molar-refractivity contribution in [1.29, 1.82) is 0 Å². The molecular weight excluding hydrogens is 2480 g/mol. The second-order valence-corrected chi connectivity index (χ2v) is 52.9. The zero-order valence-electron chi connectivity index (χ0n) is 94.0. The molecule has 15 aromatic rings. The molecule has 760 valence electrons. The molecule has 146 heavy (non-hydrogen) atoms. The van der Waals surface area contributed by atoms with Crippen LogP contribution in [0.15, 0.2) is 346 Å². The number of nitrogens with zero attached hydrogens (tertiary/aromatic N) is 8. The van der Waals surface area contributed by atoms with E-state index in [1.807, 2.05) is 12.1 Å². The molecule has 0 aliphatic carbocycles. The topological polar surface area (TPSA) is 108 Å². The normalized spacial score (nSPS) is 11.7. The van der Waals surface area contributed by atoms with Gasteiger partial charge in [0.15, 0.2) is 0 Å². The Morgan fingerprint density at radius 1 is 0.260 bits per heavy atom. The van der Waals surface area contributed by atoms with Crippen molar-refractivity contribution >= 4 is 78.4 Å². The minimum absolute atomic E-state index is 0. The fourth-order valence-electron chi connectivity index (χ4n) is 19.1. The summed E-state index contributed by atoms with van der Waals surface area (Å²) < 4.78 is 0. The first kappa shape index (κ1) is 140. The van der Waals surface area contributed by atoms with Gasteiger partial charge in [-0.3, -0.25) is 15.0 Å². The molecule has 0 amide bonds. The maximum absolute atomic E-state index is 5.55. The van der Waals surface area contributed by atoms with Crippen molar-refractivity contribution in [2.24, 2.45) is 0 Å². The third-order valence-corrected chi connectivity index (χ3v) is 38.2. The maximum atomic E-state index is 5.55. The van der Waals surface area contributed by atoms with Gasteiger partial charge in [-0.15, -0.1) is 52.3 Å². The van der Waals surface area contributed by atoms with E-state index in [2.05, 4.69) is 498 Å². The van der Waals surface area contributed by atoms with Crippen molar-refractivity contribution in [3.63, 3.8) is 0 Å². The van der Waals surface area contributed by atoms with Gasteiger partial charge in [0.1, 0.15) is 8.07 Å². The molecule has 0 spiro atoms. The second kappa shape index (κ2) is 65.8. The molecule has 4 atom stereocenters. The predicted octanol–water partition coefficient (Wildman–Crippen LogP) is 36.0. The molecule has 0 saturated heterocycles. The number of hydrogen-bond acceptors (Lipinski definition) is 4. The summed E-state index contributed by atoms with van der Waals surface area (Å²) in [5.41, 5.74) is 23.6. The van der Waals surface area contributed by atoms with Crippen molar-refractivity contribution in [2.75, 3.05) is 0 Å². The van der Waals surface area contributed by atoms with E-state index in [0.29, 0.717) is 52.1 Å². The molecule has 0 radical (unpaired) electrons. The quantitative estimate of drug-likeness (QED) is 0.0318.